The molecule has 4 heteroatoms. The molecule has 0 radical (unpaired) electrons. The minimum Gasteiger partial charge on any atom is -0.294 e. The summed E-state index contributed by atoms with van der Waals surface area (Å²) in [6.45, 7) is 0. The number of benzene rings is 1. The van der Waals surface area contributed by atoms with Gasteiger partial charge in [0.25, 0.3) is 0 Å². The van der Waals surface area contributed by atoms with E-state index < -0.39 is 0 Å². The summed E-state index contributed by atoms with van der Waals surface area (Å²) < 4.78 is 0. The molecule has 0 saturated heterocycles. The van der Waals surface area contributed by atoms with Crippen LogP contribution < -0.4 is 0 Å². The Morgan fingerprint density at radius 1 is 1.30 bits per heavy atom. The summed E-state index contributed by atoms with van der Waals surface area (Å²) in [5, 5.41) is 8.34. The van der Waals surface area contributed by atoms with E-state index in [0.717, 1.165) is 23.2 Å². The lowest BCUT2D eigenvalue weighted by Gasteiger charge is -2.20. The topological polar surface area (TPSA) is 45.8 Å². The third-order valence-corrected chi connectivity index (χ3v) is 4.55. The number of carbonyl (C=O) groups excluding carboxylic acids is 1. The van der Waals surface area contributed by atoms with Crippen molar-refractivity contribution in [2.45, 2.75) is 44.9 Å². The van der Waals surface area contributed by atoms with Crippen molar-refractivity contribution in [3.05, 3.63) is 28.9 Å². The maximum absolute atomic E-state index is 12.5. The molecule has 0 amide bonds. The lowest BCUT2D eigenvalue weighted by Crippen LogP contribution is -2.09. The number of hydrogen-bond donors (Lipinski definition) is 1. The molecule has 3 rings (SSSR count). The fourth-order valence-electron chi connectivity index (χ4n) is 3.19. The van der Waals surface area contributed by atoms with Gasteiger partial charge in [-0.05, 0) is 24.5 Å². The van der Waals surface area contributed by atoms with E-state index in [-0.39, 0.29) is 5.78 Å². The summed E-state index contributed by atoms with van der Waals surface area (Å²) in [4.78, 5) is 12.5. The molecule has 1 heterocycles. The van der Waals surface area contributed by atoms with Crippen molar-refractivity contribution in [1.29, 1.82) is 0 Å². The Morgan fingerprint density at radius 2 is 2.10 bits per heavy atom. The van der Waals surface area contributed by atoms with E-state index in [1.54, 1.807) is 12.3 Å². The number of nitrogens with zero attached hydrogens (tertiary/aromatic N) is 1. The van der Waals surface area contributed by atoms with Crippen molar-refractivity contribution in [3.63, 3.8) is 0 Å². The Kier molecular flexibility index (Phi) is 4.06. The van der Waals surface area contributed by atoms with E-state index in [0.29, 0.717) is 17.0 Å². The second-order valence-corrected chi connectivity index (χ2v) is 6.19. The quantitative estimate of drug-likeness (QED) is 0.825. The molecule has 0 spiro atoms. The first-order valence-corrected chi connectivity index (χ1v) is 7.77. The van der Waals surface area contributed by atoms with Crippen LogP contribution in [0.1, 0.15) is 55.3 Å². The van der Waals surface area contributed by atoms with Crippen LogP contribution in [-0.4, -0.2) is 16.0 Å². The van der Waals surface area contributed by atoms with Crippen LogP contribution in [0.25, 0.3) is 10.9 Å². The van der Waals surface area contributed by atoms with Crippen molar-refractivity contribution < 1.29 is 4.79 Å². The molecule has 1 aromatic carbocycles. The van der Waals surface area contributed by atoms with E-state index in [1.165, 1.54) is 32.1 Å². The molecule has 1 aliphatic carbocycles. The van der Waals surface area contributed by atoms with Crippen LogP contribution in [-0.2, 0) is 0 Å². The third-order valence-electron chi connectivity index (χ3n) is 4.33. The molecule has 106 valence electrons. The number of hydrogen-bond acceptors (Lipinski definition) is 2. The summed E-state index contributed by atoms with van der Waals surface area (Å²) >= 11 is 6.07. The number of ketones is 1. The second kappa shape index (κ2) is 5.96. The summed E-state index contributed by atoms with van der Waals surface area (Å²) in [5.41, 5.74) is 1.54. The van der Waals surface area contributed by atoms with Crippen LogP contribution in [0, 0.1) is 5.92 Å². The van der Waals surface area contributed by atoms with Gasteiger partial charge in [-0.1, -0.05) is 43.7 Å². The number of carbonyl (C=O) groups is 1. The smallest absolute Gasteiger partial charge is 0.163 e. The number of halogens is 1. The highest BCUT2D eigenvalue weighted by atomic mass is 35.5. The maximum Gasteiger partial charge on any atom is 0.163 e. The van der Waals surface area contributed by atoms with Gasteiger partial charge >= 0.3 is 0 Å². The minimum atomic E-state index is 0.185. The van der Waals surface area contributed by atoms with Crippen LogP contribution in [0.4, 0.5) is 0 Å². The summed E-state index contributed by atoms with van der Waals surface area (Å²) in [6.07, 6.45) is 9.89. The molecule has 2 aromatic rings. The minimum absolute atomic E-state index is 0.185. The molecule has 0 unspecified atom stereocenters. The first kappa shape index (κ1) is 13.6. The van der Waals surface area contributed by atoms with E-state index in [2.05, 4.69) is 10.2 Å². The number of fused-ring (bicyclic) bond motifs is 1. The number of H-pyrrole nitrogens is 1. The molecule has 1 aliphatic rings. The van der Waals surface area contributed by atoms with Crippen molar-refractivity contribution in [2.75, 3.05) is 0 Å². The Balaban J connectivity index is 1.73. The highest BCUT2D eigenvalue weighted by molar-refractivity contribution is 6.32. The van der Waals surface area contributed by atoms with Crippen LogP contribution in [0.3, 0.4) is 0 Å². The Morgan fingerprint density at radius 3 is 2.90 bits per heavy atom. The number of aromatic amines is 1. The Labute approximate surface area is 123 Å². The number of nitrogens with one attached hydrogen (secondary N) is 1. The maximum atomic E-state index is 12.5. The van der Waals surface area contributed by atoms with Crippen molar-refractivity contribution in [1.82, 2.24) is 10.2 Å². The molecule has 0 atom stereocenters. The molecule has 3 nitrogen and oxygen atoms in total. The molecule has 0 bridgehead atoms. The summed E-state index contributed by atoms with van der Waals surface area (Å²) in [6, 6.07) is 3.57. The lowest BCUT2D eigenvalue weighted by atomic mass is 9.85. The average Bonchev–Trinajstić information content (AvgIpc) is 2.93. The zero-order valence-corrected chi connectivity index (χ0v) is 12.2. The number of aromatic nitrogens is 2. The normalized spacial score (nSPS) is 16.6. The fourth-order valence-corrected chi connectivity index (χ4v) is 3.41. The van der Waals surface area contributed by atoms with Gasteiger partial charge in [0.2, 0.25) is 0 Å². The number of Topliss-reactive ketones (excluding diaryl/α,β-unsaturated/α-hetero) is 1. The first-order valence-electron chi connectivity index (χ1n) is 7.40. The molecule has 1 N–H and O–H groups in total. The molecule has 1 saturated carbocycles. The predicted molar refractivity (Wildman–Crippen MR) is 81.2 cm³/mol. The average molecular weight is 291 g/mol. The highest BCUT2D eigenvalue weighted by Crippen LogP contribution is 2.29. The zero-order valence-electron chi connectivity index (χ0n) is 11.5. The Bertz CT molecular complexity index is 614. The van der Waals surface area contributed by atoms with Crippen molar-refractivity contribution in [2.24, 2.45) is 5.92 Å². The number of rotatable bonds is 4. The van der Waals surface area contributed by atoms with Gasteiger partial charge < -0.3 is 0 Å². The van der Waals surface area contributed by atoms with E-state index in [1.807, 2.05) is 6.07 Å². The van der Waals surface area contributed by atoms with Crippen molar-refractivity contribution >= 4 is 28.3 Å². The molecule has 20 heavy (non-hydrogen) atoms. The molecule has 0 aliphatic heterocycles. The SMILES string of the molecule is O=C(CCC1CCCCC1)c1cc(Cl)cc2[nH]ncc12. The van der Waals surface area contributed by atoms with Crippen LogP contribution in [0.5, 0.6) is 0 Å². The van der Waals surface area contributed by atoms with Crippen LogP contribution in [0.15, 0.2) is 18.3 Å². The fraction of sp³-hybridized carbons (Fsp3) is 0.500. The summed E-state index contributed by atoms with van der Waals surface area (Å²) in [7, 11) is 0. The first-order chi connectivity index (χ1) is 9.74. The van der Waals surface area contributed by atoms with Gasteiger partial charge in [-0.25, -0.2) is 0 Å². The molecule has 1 fully saturated rings. The van der Waals surface area contributed by atoms with E-state index in [4.69, 9.17) is 11.6 Å². The second-order valence-electron chi connectivity index (χ2n) is 5.75. The van der Waals surface area contributed by atoms with Gasteiger partial charge in [-0.2, -0.15) is 5.10 Å². The van der Waals surface area contributed by atoms with Gasteiger partial charge in [0.15, 0.2) is 5.78 Å². The van der Waals surface area contributed by atoms with Crippen molar-refractivity contribution in [3.8, 4) is 0 Å². The van der Waals surface area contributed by atoms with E-state index >= 15 is 0 Å². The van der Waals surface area contributed by atoms with Gasteiger partial charge in [-0.15, -0.1) is 0 Å². The van der Waals surface area contributed by atoms with E-state index in [9.17, 15) is 4.79 Å². The molecule has 1 aromatic heterocycles. The van der Waals surface area contributed by atoms with Gasteiger partial charge in [0.05, 0.1) is 11.7 Å². The lowest BCUT2D eigenvalue weighted by molar-refractivity contribution is 0.0972. The van der Waals surface area contributed by atoms with Crippen LogP contribution in [0.2, 0.25) is 5.02 Å². The highest BCUT2D eigenvalue weighted by Gasteiger charge is 2.17. The zero-order chi connectivity index (χ0) is 13.9. The van der Waals surface area contributed by atoms with Gasteiger partial charge in [-0.3, -0.25) is 9.89 Å². The van der Waals surface area contributed by atoms with Gasteiger partial charge in [0.1, 0.15) is 0 Å². The molecular formula is C16H19ClN2O. The predicted octanol–water partition coefficient (Wildman–Crippen LogP) is 4.76. The van der Waals surface area contributed by atoms with Gasteiger partial charge in [0, 0.05) is 22.4 Å². The Hall–Kier alpha value is -1.35. The third kappa shape index (κ3) is 2.88. The largest absolute Gasteiger partial charge is 0.294 e. The standard InChI is InChI=1S/C16H19ClN2O/c17-12-8-13(14-10-18-19-15(14)9-12)16(20)7-6-11-4-2-1-3-5-11/h8-11H,1-7H2,(H,18,19). The molecular weight excluding hydrogens is 272 g/mol. The van der Waals surface area contributed by atoms with Crippen LogP contribution >= 0.6 is 11.6 Å². The summed E-state index contributed by atoms with van der Waals surface area (Å²) in [5.74, 6) is 0.913. The monoisotopic (exact) mass is 290 g/mol.